The summed E-state index contributed by atoms with van der Waals surface area (Å²) in [7, 11) is 8.53. The summed E-state index contributed by atoms with van der Waals surface area (Å²) in [5.41, 5.74) is 12.8. The molecule has 0 bridgehead atoms. The molecule has 0 aromatic heterocycles. The normalized spacial score (nSPS) is 32.0. The van der Waals surface area contributed by atoms with Crippen LogP contribution >= 0.6 is 0 Å². The molecule has 358 valence electrons. The van der Waals surface area contributed by atoms with E-state index < -0.39 is 0 Å². The molecule has 1 aliphatic heterocycles. The van der Waals surface area contributed by atoms with Crippen LogP contribution in [0.4, 0.5) is 0 Å². The summed E-state index contributed by atoms with van der Waals surface area (Å²) in [6.07, 6.45) is 25.2. The number of imide groups is 1. The van der Waals surface area contributed by atoms with Crippen molar-refractivity contribution in [1.29, 1.82) is 0 Å². The zero-order valence-electron chi connectivity index (χ0n) is 41.3. The molecule has 4 fully saturated rings. The minimum absolute atomic E-state index is 0.161. The highest BCUT2D eigenvalue weighted by molar-refractivity contribution is 6.12. The molecule has 10 atom stereocenters. The number of nitrogens with one attached hydrogen (secondary N) is 1. The van der Waals surface area contributed by atoms with Gasteiger partial charge in [-0.15, -0.1) is 0 Å². The minimum Gasteiger partial charge on any atom is -0.497 e. The monoisotopic (exact) mass is 892 g/mol. The van der Waals surface area contributed by atoms with Crippen LogP contribution in [0.5, 0.6) is 11.5 Å². The predicted molar refractivity (Wildman–Crippen MR) is 264 cm³/mol. The molecule has 1 heterocycles. The highest BCUT2D eigenvalue weighted by atomic mass is 16.5. The van der Waals surface area contributed by atoms with Crippen LogP contribution < -0.4 is 20.5 Å². The summed E-state index contributed by atoms with van der Waals surface area (Å²) in [5, 5.41) is 3.95. The molecule has 3 N–H and O–H groups in total. The number of nitrogens with two attached hydrogens (primary N) is 1. The number of carbonyl (C=O) groups excluding carboxylic acids is 2. The van der Waals surface area contributed by atoms with Gasteiger partial charge in [-0.05, 0) is 243 Å². The fourth-order valence-corrected chi connectivity index (χ4v) is 15.1. The maximum atomic E-state index is 11.6. The molecule has 9 heteroatoms. The summed E-state index contributed by atoms with van der Waals surface area (Å²) >= 11 is 0. The summed E-state index contributed by atoms with van der Waals surface area (Å²) < 4.78 is 11.4. The first-order valence-electron chi connectivity index (χ1n) is 26.2. The third-order valence-electron chi connectivity index (χ3n) is 18.4. The van der Waals surface area contributed by atoms with Crippen molar-refractivity contribution >= 4 is 11.8 Å². The fourth-order valence-electron chi connectivity index (χ4n) is 15.1. The van der Waals surface area contributed by atoms with Crippen LogP contribution in [0, 0.1) is 34.5 Å². The first kappa shape index (κ1) is 48.2. The predicted octanol–water partition coefficient (Wildman–Crippen LogP) is 9.52. The van der Waals surface area contributed by atoms with Gasteiger partial charge in [0.25, 0.3) is 11.8 Å². The number of unbranched alkanes of at least 4 members (excludes halogenated alkanes) is 3. The van der Waals surface area contributed by atoms with Crippen molar-refractivity contribution in [2.45, 2.75) is 153 Å². The van der Waals surface area contributed by atoms with Crippen LogP contribution in [0.15, 0.2) is 48.6 Å². The Kier molecular flexibility index (Phi) is 15.9. The van der Waals surface area contributed by atoms with E-state index in [1.165, 1.54) is 126 Å². The van der Waals surface area contributed by atoms with Crippen molar-refractivity contribution in [3.63, 3.8) is 0 Å². The van der Waals surface area contributed by atoms with E-state index in [1.54, 1.807) is 23.8 Å². The number of hydrogen-bond donors (Lipinski definition) is 2. The molecule has 7 aliphatic rings. The van der Waals surface area contributed by atoms with Gasteiger partial charge in [-0.25, -0.2) is 0 Å². The quantitative estimate of drug-likeness (QED) is 0.113. The maximum Gasteiger partial charge on any atom is 0.253 e. The molecule has 0 spiro atoms. The lowest BCUT2D eigenvalue weighted by Crippen LogP contribution is -2.49. The summed E-state index contributed by atoms with van der Waals surface area (Å²) in [6, 6.07) is 15.1. The Morgan fingerprint density at radius 1 is 0.708 bits per heavy atom. The molecule has 2 amide bonds. The van der Waals surface area contributed by atoms with Gasteiger partial charge in [0, 0.05) is 30.8 Å². The maximum absolute atomic E-state index is 11.6. The van der Waals surface area contributed by atoms with Crippen LogP contribution in [0.3, 0.4) is 0 Å². The van der Waals surface area contributed by atoms with E-state index in [-0.39, 0.29) is 11.8 Å². The number of methoxy groups -OCH3 is 1. The highest BCUT2D eigenvalue weighted by Crippen LogP contribution is 2.63. The number of hydrogen-bond acceptors (Lipinski definition) is 8. The minimum atomic E-state index is -0.161. The topological polar surface area (TPSA) is 100 Å². The average Bonchev–Trinajstić information content (AvgIpc) is 3.95. The Morgan fingerprint density at radius 2 is 1.32 bits per heavy atom. The lowest BCUT2D eigenvalue weighted by atomic mass is 9.55. The number of benzene rings is 2. The number of rotatable bonds is 18. The number of aryl methyl sites for hydroxylation is 2. The summed E-state index contributed by atoms with van der Waals surface area (Å²) in [4.78, 5) is 29.6. The second-order valence-electron chi connectivity index (χ2n) is 22.2. The molecule has 2 aromatic rings. The summed E-state index contributed by atoms with van der Waals surface area (Å²) in [5.74, 6) is 6.63. The Labute approximate surface area is 393 Å². The lowest BCUT2D eigenvalue weighted by molar-refractivity contribution is -0.136. The lowest BCUT2D eigenvalue weighted by Gasteiger charge is -2.52. The van der Waals surface area contributed by atoms with E-state index in [2.05, 4.69) is 86.5 Å². The molecule has 2 aromatic carbocycles. The first-order chi connectivity index (χ1) is 31.4. The van der Waals surface area contributed by atoms with Crippen molar-refractivity contribution in [1.82, 2.24) is 20.0 Å². The highest BCUT2D eigenvalue weighted by Gasteiger charge is 2.56. The van der Waals surface area contributed by atoms with Crippen LogP contribution in [-0.2, 0) is 22.4 Å². The van der Waals surface area contributed by atoms with Gasteiger partial charge in [-0.2, -0.15) is 0 Å². The average molecular weight is 892 g/mol. The molecule has 0 radical (unpaired) electrons. The second kappa shape index (κ2) is 21.4. The van der Waals surface area contributed by atoms with Crippen LogP contribution in [0.25, 0.3) is 0 Å². The van der Waals surface area contributed by atoms with E-state index in [0.29, 0.717) is 30.0 Å². The molecule has 9 nitrogen and oxygen atoms in total. The van der Waals surface area contributed by atoms with Gasteiger partial charge in [0.15, 0.2) is 0 Å². The number of fused-ring (bicyclic) bond motifs is 10. The Hall–Kier alpha value is -3.24. The van der Waals surface area contributed by atoms with Crippen molar-refractivity contribution in [3.8, 4) is 11.5 Å². The smallest absolute Gasteiger partial charge is 0.253 e. The molecule has 4 saturated carbocycles. The molecular weight excluding hydrogens is 807 g/mol. The van der Waals surface area contributed by atoms with Crippen molar-refractivity contribution in [3.05, 3.63) is 70.8 Å². The number of carbonyl (C=O) groups is 2. The number of amides is 2. The molecule has 1 unspecified atom stereocenters. The van der Waals surface area contributed by atoms with Gasteiger partial charge in [-0.1, -0.05) is 38.8 Å². The van der Waals surface area contributed by atoms with Crippen molar-refractivity contribution in [2.75, 3.05) is 67.6 Å². The van der Waals surface area contributed by atoms with Crippen molar-refractivity contribution < 1.29 is 19.1 Å². The Balaban J connectivity index is 0.000000178. The van der Waals surface area contributed by atoms with Crippen molar-refractivity contribution in [2.24, 2.45) is 40.2 Å². The van der Waals surface area contributed by atoms with Gasteiger partial charge in [-0.3, -0.25) is 14.5 Å². The van der Waals surface area contributed by atoms with Gasteiger partial charge in [0.05, 0.1) is 13.7 Å². The standard InChI is InChI=1S/C29H40N2O3.C27H45N3O/c1-29-16-15-23-22-10-8-21(34-2)19-20(22)7-9-24(23)25(29)11-12-26(29)30-17-5-3-4-6-18-31-27(32)13-14-28(31)33;1-27-14-13-23-22-10-8-21(31-18-5-15-28)19-20(22)7-9-24(23)25(27)11-12-26(27)30(4)17-6-16-29(2)3/h8,10,13-14,19,23-26,30H,3-7,9,11-12,15-18H2,1-2H3;8,10,19,23-26H,5-7,9,11-18,28H2,1-4H3/t23-,24-,25+,26+,29+;23-,24-,25+,26?,27+/m11/s1. The molecule has 0 saturated heterocycles. The first-order valence-corrected chi connectivity index (χ1v) is 26.2. The van der Waals surface area contributed by atoms with E-state index in [9.17, 15) is 9.59 Å². The zero-order chi connectivity index (χ0) is 45.7. The van der Waals surface area contributed by atoms with Gasteiger partial charge < -0.3 is 30.3 Å². The Bertz CT molecular complexity index is 1950. The number of ether oxygens (including phenoxy) is 2. The van der Waals surface area contributed by atoms with E-state index in [4.69, 9.17) is 15.2 Å². The zero-order valence-corrected chi connectivity index (χ0v) is 41.3. The van der Waals surface area contributed by atoms with E-state index in [1.807, 2.05) is 0 Å². The van der Waals surface area contributed by atoms with Crippen LogP contribution in [0.2, 0.25) is 0 Å². The largest absolute Gasteiger partial charge is 0.497 e. The van der Waals surface area contributed by atoms with Crippen LogP contribution in [-0.4, -0.2) is 106 Å². The third-order valence-corrected chi connectivity index (χ3v) is 18.4. The van der Waals surface area contributed by atoms with Gasteiger partial charge in [0.2, 0.25) is 0 Å². The molecule has 65 heavy (non-hydrogen) atoms. The third kappa shape index (κ3) is 10.3. The van der Waals surface area contributed by atoms with E-state index in [0.717, 1.165) is 91.9 Å². The SMILES string of the molecule is CN(C)CCCN(C)C1CC[C@H]2[C@@H]3CCc4cc(OCCCN)ccc4[C@H]3CC[C@]12C.COc1ccc2c(c1)CC[C@@H]1[C@@H]2CC[C@]2(C)[C@@H](NCCCCCCN3C(=O)C=CC3=O)CC[C@@H]12. The molecule has 9 rings (SSSR count). The Morgan fingerprint density at radius 3 is 1.98 bits per heavy atom. The molecule has 6 aliphatic carbocycles. The summed E-state index contributed by atoms with van der Waals surface area (Å²) in [6.45, 7) is 10.7. The second-order valence-corrected chi connectivity index (χ2v) is 22.2. The van der Waals surface area contributed by atoms with Gasteiger partial charge >= 0.3 is 0 Å². The van der Waals surface area contributed by atoms with E-state index >= 15 is 0 Å². The van der Waals surface area contributed by atoms with Gasteiger partial charge in [0.1, 0.15) is 11.5 Å². The molecular formula is C56H85N5O4. The number of nitrogens with zero attached hydrogens (tertiary/aromatic N) is 3. The fraction of sp³-hybridized carbons (Fsp3) is 0.714. The van der Waals surface area contributed by atoms with Crippen LogP contribution in [0.1, 0.15) is 151 Å².